The van der Waals surface area contributed by atoms with Crippen LogP contribution in [0.2, 0.25) is 0 Å². The van der Waals surface area contributed by atoms with E-state index in [1.807, 2.05) is 19.3 Å². The highest BCUT2D eigenvalue weighted by molar-refractivity contribution is 5.55. The number of aromatic nitrogens is 3. The van der Waals surface area contributed by atoms with Gasteiger partial charge in [0, 0.05) is 12.4 Å². The number of fused-ring (bicyclic) bond motifs is 1. The van der Waals surface area contributed by atoms with Gasteiger partial charge in [-0.05, 0) is 13.1 Å². The van der Waals surface area contributed by atoms with E-state index in [1.165, 1.54) is 0 Å². The van der Waals surface area contributed by atoms with E-state index in [0.29, 0.717) is 6.54 Å². The maximum absolute atomic E-state index is 4.20. The van der Waals surface area contributed by atoms with Crippen molar-refractivity contribution in [3.63, 3.8) is 0 Å². The van der Waals surface area contributed by atoms with Gasteiger partial charge in [-0.25, -0.2) is 9.50 Å². The Bertz CT molecular complexity index is 489. The molecule has 2 aromatic rings. The number of hydrogen-bond donors (Lipinski definition) is 1. The van der Waals surface area contributed by atoms with Crippen LogP contribution in [0.1, 0.15) is 5.56 Å². The van der Waals surface area contributed by atoms with Crippen molar-refractivity contribution < 1.29 is 0 Å². The van der Waals surface area contributed by atoms with Crippen LogP contribution in [-0.2, 0) is 0 Å². The Balaban J connectivity index is 2.40. The van der Waals surface area contributed by atoms with Crippen LogP contribution >= 0.6 is 0 Å². The molecule has 0 fully saturated rings. The lowest BCUT2D eigenvalue weighted by Crippen LogP contribution is -2.04. The normalized spacial score (nSPS) is 9.79. The minimum absolute atomic E-state index is 0.671. The Labute approximate surface area is 82.0 Å². The standard InChI is InChI=1S/C10H10N4/c1-11-5-2-4-9-8-13-14-7-3-6-12-10(9)14/h3,6-8,11H,5H2,1H3. The Morgan fingerprint density at radius 1 is 1.57 bits per heavy atom. The maximum atomic E-state index is 4.20. The zero-order chi connectivity index (χ0) is 9.80. The summed E-state index contributed by atoms with van der Waals surface area (Å²) in [6.45, 7) is 0.671. The average molecular weight is 186 g/mol. The molecule has 0 spiro atoms. The highest BCUT2D eigenvalue weighted by Crippen LogP contribution is 2.03. The molecule has 0 aliphatic rings. The molecule has 4 heteroatoms. The van der Waals surface area contributed by atoms with Crippen LogP contribution in [0.25, 0.3) is 5.65 Å². The molecule has 4 nitrogen and oxygen atoms in total. The smallest absolute Gasteiger partial charge is 0.170 e. The van der Waals surface area contributed by atoms with Crippen molar-refractivity contribution in [3.05, 3.63) is 30.2 Å². The molecule has 0 aromatic carbocycles. The molecule has 0 aliphatic heterocycles. The Morgan fingerprint density at radius 2 is 2.50 bits per heavy atom. The van der Waals surface area contributed by atoms with Gasteiger partial charge < -0.3 is 5.32 Å². The number of rotatable bonds is 1. The zero-order valence-electron chi connectivity index (χ0n) is 7.86. The summed E-state index contributed by atoms with van der Waals surface area (Å²) in [5.74, 6) is 5.99. The molecule has 70 valence electrons. The summed E-state index contributed by atoms with van der Waals surface area (Å²) in [5, 5.41) is 7.09. The van der Waals surface area contributed by atoms with Crippen molar-refractivity contribution >= 4 is 5.65 Å². The molecule has 0 saturated carbocycles. The van der Waals surface area contributed by atoms with Gasteiger partial charge in [0.25, 0.3) is 0 Å². The molecule has 0 amide bonds. The van der Waals surface area contributed by atoms with Gasteiger partial charge in [0.15, 0.2) is 5.65 Å². The number of nitrogens with zero attached hydrogens (tertiary/aromatic N) is 3. The van der Waals surface area contributed by atoms with Crippen molar-refractivity contribution in [2.45, 2.75) is 0 Å². The van der Waals surface area contributed by atoms with Gasteiger partial charge in [-0.1, -0.05) is 11.8 Å². The van der Waals surface area contributed by atoms with Crippen LogP contribution in [0.3, 0.4) is 0 Å². The molecule has 0 aliphatic carbocycles. The molecular formula is C10H10N4. The Kier molecular flexibility index (Phi) is 2.43. The van der Waals surface area contributed by atoms with E-state index in [2.05, 4.69) is 27.2 Å². The van der Waals surface area contributed by atoms with Gasteiger partial charge >= 0.3 is 0 Å². The lowest BCUT2D eigenvalue weighted by atomic mass is 10.3. The minimum Gasteiger partial charge on any atom is -0.309 e. The average Bonchev–Trinajstić information content (AvgIpc) is 2.63. The molecule has 0 saturated heterocycles. The lowest BCUT2D eigenvalue weighted by Gasteiger charge is -1.89. The first kappa shape index (κ1) is 8.73. The zero-order valence-corrected chi connectivity index (χ0v) is 7.86. The van der Waals surface area contributed by atoms with Crippen molar-refractivity contribution in [1.29, 1.82) is 0 Å². The van der Waals surface area contributed by atoms with Gasteiger partial charge in [0.1, 0.15) is 0 Å². The van der Waals surface area contributed by atoms with Crippen molar-refractivity contribution in [1.82, 2.24) is 19.9 Å². The molecule has 0 unspecified atom stereocenters. The number of hydrogen-bond acceptors (Lipinski definition) is 3. The van der Waals surface area contributed by atoms with Crippen LogP contribution in [0.4, 0.5) is 0 Å². The first-order chi connectivity index (χ1) is 6.92. The van der Waals surface area contributed by atoms with E-state index in [0.717, 1.165) is 11.2 Å². The minimum atomic E-state index is 0.671. The Morgan fingerprint density at radius 3 is 3.36 bits per heavy atom. The van der Waals surface area contributed by atoms with E-state index in [9.17, 15) is 0 Å². The summed E-state index contributed by atoms with van der Waals surface area (Å²) >= 11 is 0. The maximum Gasteiger partial charge on any atom is 0.170 e. The van der Waals surface area contributed by atoms with Crippen molar-refractivity contribution in [3.8, 4) is 11.8 Å². The first-order valence-electron chi connectivity index (χ1n) is 4.33. The SMILES string of the molecule is CNCC#Cc1cnn2cccnc12. The first-order valence-corrected chi connectivity index (χ1v) is 4.33. The molecule has 2 rings (SSSR count). The summed E-state index contributed by atoms with van der Waals surface area (Å²) in [6, 6.07) is 1.84. The highest BCUT2D eigenvalue weighted by atomic mass is 15.2. The summed E-state index contributed by atoms with van der Waals surface area (Å²) in [5.41, 5.74) is 1.66. The van der Waals surface area contributed by atoms with Crippen molar-refractivity contribution in [2.75, 3.05) is 13.6 Å². The number of nitrogens with one attached hydrogen (secondary N) is 1. The quantitative estimate of drug-likeness (QED) is 0.651. The predicted octanol–water partition coefficient (Wildman–Crippen LogP) is 0.300. The largest absolute Gasteiger partial charge is 0.309 e. The second kappa shape index (κ2) is 3.90. The van der Waals surface area contributed by atoms with Crippen LogP contribution in [0, 0.1) is 11.8 Å². The summed E-state index contributed by atoms with van der Waals surface area (Å²) in [4.78, 5) is 4.20. The second-order valence-electron chi connectivity index (χ2n) is 2.78. The summed E-state index contributed by atoms with van der Waals surface area (Å²) < 4.78 is 1.71. The predicted molar refractivity (Wildman–Crippen MR) is 53.8 cm³/mol. The van der Waals surface area contributed by atoms with Gasteiger partial charge in [0.2, 0.25) is 0 Å². The third-order valence-electron chi connectivity index (χ3n) is 1.77. The van der Waals surface area contributed by atoms with E-state index in [4.69, 9.17) is 0 Å². The third kappa shape index (κ3) is 1.58. The van der Waals surface area contributed by atoms with E-state index in [-0.39, 0.29) is 0 Å². The second-order valence-corrected chi connectivity index (χ2v) is 2.78. The molecule has 14 heavy (non-hydrogen) atoms. The summed E-state index contributed by atoms with van der Waals surface area (Å²) in [6.07, 6.45) is 5.32. The molecule has 0 atom stereocenters. The molecule has 0 bridgehead atoms. The summed E-state index contributed by atoms with van der Waals surface area (Å²) in [7, 11) is 1.86. The fraction of sp³-hybridized carbons (Fsp3) is 0.200. The van der Waals surface area contributed by atoms with Gasteiger partial charge in [0.05, 0.1) is 18.3 Å². The highest BCUT2D eigenvalue weighted by Gasteiger charge is 1.99. The third-order valence-corrected chi connectivity index (χ3v) is 1.77. The van der Waals surface area contributed by atoms with Crippen molar-refractivity contribution in [2.24, 2.45) is 0 Å². The monoisotopic (exact) mass is 186 g/mol. The topological polar surface area (TPSA) is 42.2 Å². The van der Waals surface area contributed by atoms with E-state index in [1.54, 1.807) is 16.9 Å². The van der Waals surface area contributed by atoms with Crippen LogP contribution in [0.15, 0.2) is 24.7 Å². The molecule has 2 heterocycles. The molecule has 2 aromatic heterocycles. The van der Waals surface area contributed by atoms with Crippen LogP contribution in [-0.4, -0.2) is 28.2 Å². The van der Waals surface area contributed by atoms with E-state index < -0.39 is 0 Å². The van der Waals surface area contributed by atoms with Gasteiger partial charge in [-0.15, -0.1) is 0 Å². The fourth-order valence-corrected chi connectivity index (χ4v) is 1.14. The van der Waals surface area contributed by atoms with Gasteiger partial charge in [-0.3, -0.25) is 0 Å². The van der Waals surface area contributed by atoms with E-state index >= 15 is 0 Å². The van der Waals surface area contributed by atoms with Gasteiger partial charge in [-0.2, -0.15) is 5.10 Å². The molecule has 1 N–H and O–H groups in total. The Hall–Kier alpha value is -1.86. The molecule has 0 radical (unpaired) electrons. The lowest BCUT2D eigenvalue weighted by molar-refractivity contribution is 0.938. The van der Waals surface area contributed by atoms with Crippen LogP contribution < -0.4 is 5.32 Å². The molecular weight excluding hydrogens is 176 g/mol. The fourth-order valence-electron chi connectivity index (χ4n) is 1.14. The van der Waals surface area contributed by atoms with Crippen LogP contribution in [0.5, 0.6) is 0 Å².